The number of methoxy groups -OCH3 is 1. The van der Waals surface area contributed by atoms with Crippen molar-refractivity contribution in [2.45, 2.75) is 11.8 Å². The highest BCUT2D eigenvalue weighted by Gasteiger charge is 2.19. The number of aromatic hydroxyl groups is 1. The lowest BCUT2D eigenvalue weighted by Crippen LogP contribution is -2.16. The number of hydrogen-bond donors (Lipinski definition) is 3. The summed E-state index contributed by atoms with van der Waals surface area (Å²) in [6, 6.07) is 15.0. The average Bonchev–Trinajstić information content (AvgIpc) is 3.35. The summed E-state index contributed by atoms with van der Waals surface area (Å²) in [5.41, 5.74) is 1.92. The Bertz CT molecular complexity index is 1450. The van der Waals surface area contributed by atoms with E-state index in [1.54, 1.807) is 49.4 Å². The number of aromatic nitrogens is 4. The van der Waals surface area contributed by atoms with Gasteiger partial charge >= 0.3 is 0 Å². The van der Waals surface area contributed by atoms with Gasteiger partial charge in [-0.05, 0) is 71.4 Å². The molecule has 0 aliphatic heterocycles. The lowest BCUT2D eigenvalue weighted by Gasteiger charge is -2.14. The second-order valence-electron chi connectivity index (χ2n) is 7.19. The summed E-state index contributed by atoms with van der Waals surface area (Å²) < 4.78 is 34.9. The SMILES string of the molecule is COc1ccccc1NS(=O)(=O)c1ccc(O)c(NC(=O)c2ccc(-n3cnnn3)c(C)c2)c1. The van der Waals surface area contributed by atoms with E-state index in [1.165, 1.54) is 36.3 Å². The molecule has 4 rings (SSSR count). The van der Waals surface area contributed by atoms with E-state index in [1.807, 2.05) is 0 Å². The molecule has 0 aliphatic rings. The highest BCUT2D eigenvalue weighted by molar-refractivity contribution is 7.92. The van der Waals surface area contributed by atoms with Crippen LogP contribution in [-0.2, 0) is 10.0 Å². The van der Waals surface area contributed by atoms with Crippen LogP contribution >= 0.6 is 0 Å². The van der Waals surface area contributed by atoms with E-state index in [2.05, 4.69) is 25.6 Å². The Morgan fingerprint density at radius 3 is 2.56 bits per heavy atom. The van der Waals surface area contributed by atoms with Gasteiger partial charge in [0.15, 0.2) is 0 Å². The number of aryl methyl sites for hydroxylation is 1. The second kappa shape index (κ2) is 9.19. The molecule has 3 aromatic carbocycles. The number of carbonyl (C=O) groups is 1. The maximum Gasteiger partial charge on any atom is 0.262 e. The summed E-state index contributed by atoms with van der Waals surface area (Å²) in [4.78, 5) is 12.6. The maximum absolute atomic E-state index is 12.9. The normalized spacial score (nSPS) is 11.1. The van der Waals surface area contributed by atoms with E-state index in [0.717, 1.165) is 5.56 Å². The minimum Gasteiger partial charge on any atom is -0.506 e. The smallest absolute Gasteiger partial charge is 0.262 e. The summed E-state index contributed by atoms with van der Waals surface area (Å²) in [6.45, 7) is 1.79. The molecule has 4 aromatic rings. The first-order valence-corrected chi connectivity index (χ1v) is 11.4. The predicted molar refractivity (Wildman–Crippen MR) is 124 cm³/mol. The Hall–Kier alpha value is -4.45. The molecule has 12 heteroatoms. The fraction of sp³-hybridized carbons (Fsp3) is 0.0909. The highest BCUT2D eigenvalue weighted by atomic mass is 32.2. The molecule has 0 saturated carbocycles. The average molecular weight is 481 g/mol. The minimum atomic E-state index is -4.04. The van der Waals surface area contributed by atoms with Crippen molar-refractivity contribution in [1.82, 2.24) is 20.2 Å². The number of hydrogen-bond acceptors (Lipinski definition) is 8. The number of phenols is 1. The summed E-state index contributed by atoms with van der Waals surface area (Å²) >= 11 is 0. The number of sulfonamides is 1. The Labute approximate surface area is 195 Å². The van der Waals surface area contributed by atoms with Crippen LogP contribution in [0.4, 0.5) is 11.4 Å². The minimum absolute atomic E-state index is 0.0601. The van der Waals surface area contributed by atoms with Gasteiger partial charge in [-0.1, -0.05) is 12.1 Å². The van der Waals surface area contributed by atoms with E-state index in [0.29, 0.717) is 17.0 Å². The molecule has 174 valence electrons. The van der Waals surface area contributed by atoms with Crippen molar-refractivity contribution < 1.29 is 23.1 Å². The molecule has 34 heavy (non-hydrogen) atoms. The number of ether oxygens (including phenoxy) is 1. The van der Waals surface area contributed by atoms with Crippen LogP contribution in [0.5, 0.6) is 11.5 Å². The molecule has 0 saturated heterocycles. The number of amides is 1. The maximum atomic E-state index is 12.9. The Balaban J connectivity index is 1.58. The van der Waals surface area contributed by atoms with Crippen molar-refractivity contribution in [3.05, 3.63) is 78.1 Å². The third-order valence-corrected chi connectivity index (χ3v) is 6.30. The van der Waals surface area contributed by atoms with Gasteiger partial charge < -0.3 is 15.2 Å². The monoisotopic (exact) mass is 480 g/mol. The molecule has 0 atom stereocenters. The molecular formula is C22H20N6O5S. The van der Waals surface area contributed by atoms with Crippen LogP contribution in [-0.4, -0.2) is 46.7 Å². The van der Waals surface area contributed by atoms with Gasteiger partial charge in [-0.15, -0.1) is 5.10 Å². The molecule has 0 bridgehead atoms. The molecule has 0 aliphatic carbocycles. The largest absolute Gasteiger partial charge is 0.506 e. The van der Waals surface area contributed by atoms with Crippen molar-refractivity contribution in [3.63, 3.8) is 0 Å². The molecule has 0 unspecified atom stereocenters. The molecule has 1 amide bonds. The molecule has 1 aromatic heterocycles. The molecule has 3 N–H and O–H groups in total. The number of carbonyl (C=O) groups excluding carboxylic acids is 1. The van der Waals surface area contributed by atoms with Gasteiger partial charge in [0.2, 0.25) is 0 Å². The summed E-state index contributed by atoms with van der Waals surface area (Å²) in [6.07, 6.45) is 1.44. The van der Waals surface area contributed by atoms with Gasteiger partial charge in [-0.3, -0.25) is 9.52 Å². The van der Waals surface area contributed by atoms with E-state index < -0.39 is 15.9 Å². The number of nitrogens with one attached hydrogen (secondary N) is 2. The zero-order valence-corrected chi connectivity index (χ0v) is 18.9. The number of benzene rings is 3. The van der Waals surface area contributed by atoms with Crippen molar-refractivity contribution >= 4 is 27.3 Å². The lowest BCUT2D eigenvalue weighted by molar-refractivity contribution is 0.102. The van der Waals surface area contributed by atoms with Crippen molar-refractivity contribution in [1.29, 1.82) is 0 Å². The van der Waals surface area contributed by atoms with Crippen molar-refractivity contribution in [2.24, 2.45) is 0 Å². The quantitative estimate of drug-likeness (QED) is 0.342. The Kier molecular flexibility index (Phi) is 6.15. The van der Waals surface area contributed by atoms with Gasteiger partial charge in [0.25, 0.3) is 15.9 Å². The van der Waals surface area contributed by atoms with Gasteiger partial charge in [-0.25, -0.2) is 13.1 Å². The fourth-order valence-electron chi connectivity index (χ4n) is 3.23. The summed E-state index contributed by atoms with van der Waals surface area (Å²) in [5.74, 6) is -0.473. The van der Waals surface area contributed by atoms with Crippen LogP contribution in [0, 0.1) is 6.92 Å². The highest BCUT2D eigenvalue weighted by Crippen LogP contribution is 2.30. The first-order chi connectivity index (χ1) is 16.3. The first-order valence-electron chi connectivity index (χ1n) is 9.93. The lowest BCUT2D eigenvalue weighted by atomic mass is 10.1. The van der Waals surface area contributed by atoms with Crippen LogP contribution < -0.4 is 14.8 Å². The van der Waals surface area contributed by atoms with E-state index in [-0.39, 0.29) is 22.0 Å². The number of phenolic OH excluding ortho intramolecular Hbond substituents is 1. The van der Waals surface area contributed by atoms with E-state index >= 15 is 0 Å². The first kappa shape index (κ1) is 22.7. The zero-order valence-electron chi connectivity index (χ0n) is 18.1. The summed E-state index contributed by atoms with van der Waals surface area (Å²) in [5, 5.41) is 23.8. The molecule has 1 heterocycles. The fourth-order valence-corrected chi connectivity index (χ4v) is 4.33. The van der Waals surface area contributed by atoms with E-state index in [4.69, 9.17) is 4.74 Å². The van der Waals surface area contributed by atoms with Gasteiger partial charge in [0.1, 0.15) is 17.8 Å². The number of para-hydroxylation sites is 2. The van der Waals surface area contributed by atoms with Gasteiger partial charge in [0.05, 0.1) is 29.1 Å². The molecule has 0 spiro atoms. The van der Waals surface area contributed by atoms with E-state index in [9.17, 15) is 18.3 Å². The third kappa shape index (κ3) is 4.66. The topological polar surface area (TPSA) is 148 Å². The molecular weight excluding hydrogens is 460 g/mol. The van der Waals surface area contributed by atoms with Crippen LogP contribution in [0.3, 0.4) is 0 Å². The molecule has 0 radical (unpaired) electrons. The number of tetrazole rings is 1. The second-order valence-corrected chi connectivity index (χ2v) is 8.88. The zero-order chi connectivity index (χ0) is 24.3. The van der Waals surface area contributed by atoms with Crippen molar-refractivity contribution in [3.8, 4) is 17.2 Å². The molecule has 11 nitrogen and oxygen atoms in total. The van der Waals surface area contributed by atoms with Crippen molar-refractivity contribution in [2.75, 3.05) is 17.1 Å². The third-order valence-electron chi connectivity index (χ3n) is 4.93. The van der Waals surface area contributed by atoms with Crippen LogP contribution in [0.1, 0.15) is 15.9 Å². The molecule has 0 fully saturated rings. The standard InChI is InChI=1S/C22H20N6O5S/c1-14-11-15(7-9-19(14)28-13-23-26-27-28)22(30)24-18-12-16(8-10-20(18)29)34(31,32)25-17-5-3-4-6-21(17)33-2/h3-13,25,29H,1-2H3,(H,24,30). The Morgan fingerprint density at radius 2 is 1.85 bits per heavy atom. The van der Waals surface area contributed by atoms with Gasteiger partial charge in [-0.2, -0.15) is 0 Å². The predicted octanol–water partition coefficient (Wildman–Crippen LogP) is 2.74. The number of anilines is 2. The Morgan fingerprint density at radius 1 is 1.06 bits per heavy atom. The van der Waals surface area contributed by atoms with Crippen LogP contribution in [0.15, 0.2) is 71.9 Å². The van der Waals surface area contributed by atoms with Crippen LogP contribution in [0.2, 0.25) is 0 Å². The van der Waals surface area contributed by atoms with Crippen LogP contribution in [0.25, 0.3) is 5.69 Å². The number of rotatable bonds is 7. The summed E-state index contributed by atoms with van der Waals surface area (Å²) in [7, 11) is -2.61. The van der Waals surface area contributed by atoms with Gasteiger partial charge in [0, 0.05) is 5.56 Å². The number of nitrogens with zero attached hydrogens (tertiary/aromatic N) is 4.